The second-order valence-electron chi connectivity index (χ2n) is 12.8. The summed E-state index contributed by atoms with van der Waals surface area (Å²) in [6, 6.07) is 13.0. The normalized spacial score (nSPS) is 19.1. The van der Waals surface area contributed by atoms with Crippen molar-refractivity contribution in [3.8, 4) is 11.5 Å². The number of carbonyl (C=O) groups excluding carboxylic acids is 1. The van der Waals surface area contributed by atoms with E-state index < -0.39 is 10.0 Å². The van der Waals surface area contributed by atoms with E-state index in [1.165, 1.54) is 4.31 Å². The number of amides is 1. The number of aromatic nitrogens is 2. The van der Waals surface area contributed by atoms with E-state index in [-0.39, 0.29) is 42.0 Å². The van der Waals surface area contributed by atoms with Gasteiger partial charge >= 0.3 is 6.09 Å². The first-order valence-electron chi connectivity index (χ1n) is 15.0. The lowest BCUT2D eigenvalue weighted by molar-refractivity contribution is 0.0979. The molecule has 0 radical (unpaired) electrons. The average molecular weight is 626 g/mol. The molecule has 2 atom stereocenters. The van der Waals surface area contributed by atoms with Gasteiger partial charge in [-0.2, -0.15) is 5.10 Å². The fraction of sp³-hybridized carbons (Fsp3) is 0.500. The van der Waals surface area contributed by atoms with Crippen molar-refractivity contribution in [2.75, 3.05) is 23.8 Å². The molecule has 1 saturated carbocycles. The SMILES string of the molecule is COc1ccc(CN2c3cc(Nc4cc([C@H]5CC[C@@H](OC(=O)NC(C)C)C5)n(C(C)(C)C)n4)ccc3CS2(=O)=O)c(OC)c1. The van der Waals surface area contributed by atoms with Crippen molar-refractivity contribution in [1.29, 1.82) is 0 Å². The Labute approximate surface area is 259 Å². The van der Waals surface area contributed by atoms with Gasteiger partial charge in [-0.15, -0.1) is 0 Å². The number of carbonyl (C=O) groups is 1. The molecular formula is C32H43N5O6S. The van der Waals surface area contributed by atoms with Gasteiger partial charge in [-0.25, -0.2) is 13.2 Å². The van der Waals surface area contributed by atoms with Crippen molar-refractivity contribution in [3.63, 3.8) is 0 Å². The van der Waals surface area contributed by atoms with E-state index in [1.807, 2.05) is 42.8 Å². The molecule has 1 aliphatic heterocycles. The van der Waals surface area contributed by atoms with Crippen molar-refractivity contribution in [3.05, 3.63) is 59.3 Å². The fourth-order valence-electron chi connectivity index (χ4n) is 5.91. The van der Waals surface area contributed by atoms with E-state index in [0.717, 1.165) is 41.8 Å². The number of hydrogen-bond donors (Lipinski definition) is 2. The van der Waals surface area contributed by atoms with Crippen LogP contribution in [0.15, 0.2) is 42.5 Å². The summed E-state index contributed by atoms with van der Waals surface area (Å²) in [5.74, 6) is 1.98. The largest absolute Gasteiger partial charge is 0.497 e. The molecule has 2 heterocycles. The Morgan fingerprint density at radius 3 is 2.52 bits per heavy atom. The number of hydrogen-bond acceptors (Lipinski definition) is 8. The van der Waals surface area contributed by atoms with E-state index >= 15 is 0 Å². The van der Waals surface area contributed by atoms with Crippen molar-refractivity contribution >= 4 is 33.3 Å². The molecule has 2 N–H and O–H groups in total. The molecule has 238 valence electrons. The second kappa shape index (κ2) is 12.2. The number of anilines is 3. The zero-order valence-electron chi connectivity index (χ0n) is 26.5. The van der Waals surface area contributed by atoms with Gasteiger partial charge in [0.2, 0.25) is 10.0 Å². The van der Waals surface area contributed by atoms with Crippen LogP contribution in [0, 0.1) is 0 Å². The van der Waals surface area contributed by atoms with Crippen LogP contribution < -0.4 is 24.4 Å². The summed E-state index contributed by atoms with van der Waals surface area (Å²) < 4.78 is 46.5. The second-order valence-corrected chi connectivity index (χ2v) is 14.7. The third-order valence-electron chi connectivity index (χ3n) is 7.96. The summed E-state index contributed by atoms with van der Waals surface area (Å²) >= 11 is 0. The maximum absolute atomic E-state index is 13.3. The van der Waals surface area contributed by atoms with Crippen LogP contribution in [0.5, 0.6) is 11.5 Å². The zero-order valence-corrected chi connectivity index (χ0v) is 27.3. The van der Waals surface area contributed by atoms with Crippen molar-refractivity contribution in [2.24, 2.45) is 0 Å². The Kier molecular flexibility index (Phi) is 8.75. The molecule has 44 heavy (non-hydrogen) atoms. The number of methoxy groups -OCH3 is 2. The van der Waals surface area contributed by atoms with Gasteiger partial charge in [0.05, 0.1) is 37.7 Å². The lowest BCUT2D eigenvalue weighted by atomic mass is 10.0. The van der Waals surface area contributed by atoms with Gasteiger partial charge in [0, 0.05) is 41.0 Å². The molecule has 5 rings (SSSR count). The van der Waals surface area contributed by atoms with E-state index in [0.29, 0.717) is 23.0 Å². The lowest BCUT2D eigenvalue weighted by Gasteiger charge is -2.24. The van der Waals surface area contributed by atoms with Gasteiger partial charge in [0.15, 0.2) is 5.82 Å². The molecule has 0 saturated heterocycles. The molecular weight excluding hydrogens is 582 g/mol. The molecule has 3 aromatic rings. The van der Waals surface area contributed by atoms with Gasteiger partial charge in [0.1, 0.15) is 17.6 Å². The molecule has 1 aliphatic carbocycles. The third-order valence-corrected chi connectivity index (χ3v) is 9.64. The molecule has 1 amide bonds. The minimum absolute atomic E-state index is 0.0207. The van der Waals surface area contributed by atoms with Crippen LogP contribution in [-0.4, -0.2) is 50.7 Å². The third kappa shape index (κ3) is 6.74. The summed E-state index contributed by atoms with van der Waals surface area (Å²) in [4.78, 5) is 12.2. The molecule has 11 nitrogen and oxygen atoms in total. The van der Waals surface area contributed by atoms with E-state index in [4.69, 9.17) is 19.3 Å². The Bertz CT molecular complexity index is 1630. The number of nitrogens with zero attached hydrogens (tertiary/aromatic N) is 3. The Morgan fingerprint density at radius 1 is 1.07 bits per heavy atom. The van der Waals surface area contributed by atoms with Crippen LogP contribution in [-0.2, 0) is 32.6 Å². The topological polar surface area (TPSA) is 124 Å². The first kappa shape index (κ1) is 31.5. The number of alkyl carbamates (subject to hydrolysis) is 1. The Balaban J connectivity index is 1.38. The van der Waals surface area contributed by atoms with Crippen molar-refractivity contribution < 1.29 is 27.4 Å². The quantitative estimate of drug-likeness (QED) is 0.296. The molecule has 1 aromatic heterocycles. The van der Waals surface area contributed by atoms with Crippen molar-refractivity contribution in [2.45, 2.75) is 89.8 Å². The van der Waals surface area contributed by atoms with Crippen LogP contribution >= 0.6 is 0 Å². The highest BCUT2D eigenvalue weighted by Crippen LogP contribution is 2.41. The molecule has 2 aliphatic rings. The molecule has 0 bridgehead atoms. The monoisotopic (exact) mass is 625 g/mol. The average Bonchev–Trinajstić information content (AvgIpc) is 3.64. The first-order chi connectivity index (χ1) is 20.8. The number of ether oxygens (including phenoxy) is 3. The van der Waals surface area contributed by atoms with Crippen LogP contribution in [0.4, 0.5) is 22.0 Å². The zero-order chi connectivity index (χ0) is 31.8. The van der Waals surface area contributed by atoms with Crippen LogP contribution in [0.25, 0.3) is 0 Å². The molecule has 0 spiro atoms. The molecule has 0 unspecified atom stereocenters. The maximum Gasteiger partial charge on any atom is 0.407 e. The van der Waals surface area contributed by atoms with Gasteiger partial charge in [-0.1, -0.05) is 6.07 Å². The van der Waals surface area contributed by atoms with Gasteiger partial charge in [-0.05, 0) is 83.7 Å². The standard InChI is InChI=1S/C32H43N5O6S/c1-20(2)33-31(38)43-26-13-9-21(14-26)28-17-30(35-37(28)32(3,4)5)34-24-11-8-23-19-44(39,40)36(27(23)15-24)18-22-10-12-25(41-6)16-29(22)42-7/h8,10-12,15-17,20-21,26H,9,13-14,18-19H2,1-7H3,(H,33,38)(H,34,35)/t21-,26+/m0/s1. The number of fused-ring (bicyclic) bond motifs is 1. The first-order valence-corrected chi connectivity index (χ1v) is 16.6. The van der Waals surface area contributed by atoms with E-state index in [9.17, 15) is 13.2 Å². The number of benzene rings is 2. The van der Waals surface area contributed by atoms with Crippen molar-refractivity contribution in [1.82, 2.24) is 15.1 Å². The Morgan fingerprint density at radius 2 is 1.84 bits per heavy atom. The highest BCUT2D eigenvalue weighted by molar-refractivity contribution is 7.92. The molecule has 1 fully saturated rings. The highest BCUT2D eigenvalue weighted by atomic mass is 32.2. The van der Waals surface area contributed by atoms with Crippen LogP contribution in [0.1, 0.15) is 76.6 Å². The number of rotatable bonds is 9. The minimum Gasteiger partial charge on any atom is -0.497 e. The van der Waals surface area contributed by atoms with Gasteiger partial charge in [0.25, 0.3) is 0 Å². The van der Waals surface area contributed by atoms with E-state index in [1.54, 1.807) is 26.4 Å². The summed E-state index contributed by atoms with van der Waals surface area (Å²) in [5.41, 5.74) is 3.63. The van der Waals surface area contributed by atoms with Gasteiger partial charge in [-0.3, -0.25) is 8.99 Å². The minimum atomic E-state index is -3.57. The highest BCUT2D eigenvalue weighted by Gasteiger charge is 2.35. The predicted octanol–water partition coefficient (Wildman–Crippen LogP) is 6.02. The summed E-state index contributed by atoms with van der Waals surface area (Å²) in [6.07, 6.45) is 1.89. The van der Waals surface area contributed by atoms with E-state index in [2.05, 4.69) is 37.5 Å². The predicted molar refractivity (Wildman–Crippen MR) is 170 cm³/mol. The summed E-state index contributed by atoms with van der Waals surface area (Å²) in [5, 5.41) is 11.1. The lowest BCUT2D eigenvalue weighted by Crippen LogP contribution is -2.33. The summed E-state index contributed by atoms with van der Waals surface area (Å²) in [7, 11) is -0.439. The van der Waals surface area contributed by atoms with Crippen LogP contribution in [0.3, 0.4) is 0 Å². The smallest absolute Gasteiger partial charge is 0.407 e. The molecule has 12 heteroatoms. The Hall–Kier alpha value is -3.93. The fourth-order valence-corrected chi connectivity index (χ4v) is 7.51. The molecule has 2 aromatic carbocycles. The van der Waals surface area contributed by atoms with Crippen LogP contribution in [0.2, 0.25) is 0 Å². The number of nitrogens with one attached hydrogen (secondary N) is 2. The maximum atomic E-state index is 13.3. The van der Waals surface area contributed by atoms with Gasteiger partial charge < -0.3 is 24.8 Å². The number of sulfonamides is 1. The summed E-state index contributed by atoms with van der Waals surface area (Å²) in [6.45, 7) is 10.3.